The minimum absolute atomic E-state index is 0.00939. The smallest absolute Gasteiger partial charge is 0.262 e. The van der Waals surface area contributed by atoms with Crippen molar-refractivity contribution in [3.8, 4) is 5.75 Å². The van der Waals surface area contributed by atoms with E-state index < -0.39 is 0 Å². The van der Waals surface area contributed by atoms with Crippen LogP contribution in [0.15, 0.2) is 22.6 Å². The van der Waals surface area contributed by atoms with Gasteiger partial charge in [-0.15, -0.1) is 0 Å². The zero-order valence-electron chi connectivity index (χ0n) is 14.2. The number of carbonyl (C=O) groups excluding carboxylic acids is 2. The van der Waals surface area contributed by atoms with E-state index in [4.69, 9.17) is 14.3 Å². The molecule has 0 fully saturated rings. The lowest BCUT2D eigenvalue weighted by Gasteiger charge is -2.11. The highest BCUT2D eigenvalue weighted by Crippen LogP contribution is 2.41. The van der Waals surface area contributed by atoms with E-state index in [1.54, 1.807) is 20.1 Å². The number of furan rings is 1. The molecule has 0 saturated carbocycles. The van der Waals surface area contributed by atoms with Crippen molar-refractivity contribution >= 4 is 33.8 Å². The Morgan fingerprint density at radius 3 is 2.44 bits per heavy atom. The Morgan fingerprint density at radius 1 is 1.12 bits per heavy atom. The number of hydrogen-bond acceptors (Lipinski definition) is 5. The number of amides is 2. The number of rotatable bonds is 3. The third kappa shape index (κ3) is 1.94. The fraction of sp³-hybridized carbons (Fsp3) is 0.263. The number of imide groups is 1. The van der Waals surface area contributed by atoms with Crippen molar-refractivity contribution in [3.63, 3.8) is 0 Å². The summed E-state index contributed by atoms with van der Waals surface area (Å²) in [6, 6.07) is 5.52. The first kappa shape index (κ1) is 15.7. The monoisotopic (exact) mass is 339 g/mol. The largest absolute Gasteiger partial charge is 0.497 e. The van der Waals surface area contributed by atoms with Crippen LogP contribution in [0.4, 0.5) is 0 Å². The van der Waals surface area contributed by atoms with E-state index in [-0.39, 0.29) is 25.0 Å². The van der Waals surface area contributed by atoms with Crippen LogP contribution >= 0.6 is 0 Å². The molecule has 0 radical (unpaired) electrons. The van der Waals surface area contributed by atoms with Crippen molar-refractivity contribution < 1.29 is 23.8 Å². The summed E-state index contributed by atoms with van der Waals surface area (Å²) in [5.41, 5.74) is 3.39. The topological polar surface area (TPSA) is 80.0 Å². The molecule has 6 heteroatoms. The molecule has 0 atom stereocenters. The first-order valence-electron chi connectivity index (χ1n) is 8.00. The van der Waals surface area contributed by atoms with E-state index in [0.717, 1.165) is 21.2 Å². The maximum Gasteiger partial charge on any atom is 0.262 e. The van der Waals surface area contributed by atoms with E-state index in [9.17, 15) is 9.59 Å². The van der Waals surface area contributed by atoms with Gasteiger partial charge >= 0.3 is 0 Å². The molecule has 0 saturated heterocycles. The van der Waals surface area contributed by atoms with Gasteiger partial charge in [-0.25, -0.2) is 0 Å². The summed E-state index contributed by atoms with van der Waals surface area (Å²) < 4.78 is 11.2. The van der Waals surface area contributed by atoms with Crippen LogP contribution in [-0.4, -0.2) is 42.1 Å². The van der Waals surface area contributed by atoms with Gasteiger partial charge in [0.25, 0.3) is 11.8 Å². The van der Waals surface area contributed by atoms with Gasteiger partial charge in [0, 0.05) is 22.4 Å². The molecule has 1 aliphatic heterocycles. The molecule has 1 aromatic heterocycles. The third-order valence-corrected chi connectivity index (χ3v) is 4.85. The number of ether oxygens (including phenoxy) is 1. The molecule has 0 aliphatic carbocycles. The molecule has 128 valence electrons. The van der Waals surface area contributed by atoms with Crippen molar-refractivity contribution in [1.29, 1.82) is 0 Å². The van der Waals surface area contributed by atoms with Crippen molar-refractivity contribution in [3.05, 3.63) is 40.5 Å². The summed E-state index contributed by atoms with van der Waals surface area (Å²) in [5.74, 6) is -0.0651. The average molecular weight is 339 g/mol. The molecule has 2 amide bonds. The maximum absolute atomic E-state index is 12.7. The summed E-state index contributed by atoms with van der Waals surface area (Å²) in [4.78, 5) is 26.5. The van der Waals surface area contributed by atoms with E-state index in [1.165, 1.54) is 0 Å². The van der Waals surface area contributed by atoms with Crippen LogP contribution in [0.25, 0.3) is 21.9 Å². The Kier molecular flexibility index (Phi) is 3.33. The number of hydrogen-bond donors (Lipinski definition) is 1. The summed E-state index contributed by atoms with van der Waals surface area (Å²) in [5, 5.41) is 10.9. The summed E-state index contributed by atoms with van der Waals surface area (Å²) in [6.07, 6.45) is 0. The molecule has 0 spiro atoms. The normalized spacial score (nSPS) is 14.0. The Morgan fingerprint density at radius 2 is 1.80 bits per heavy atom. The molecule has 0 bridgehead atoms. The number of aliphatic hydroxyl groups excluding tert-OH is 1. The lowest BCUT2D eigenvalue weighted by atomic mass is 9.94. The summed E-state index contributed by atoms with van der Waals surface area (Å²) >= 11 is 0. The third-order valence-electron chi connectivity index (χ3n) is 4.85. The predicted molar refractivity (Wildman–Crippen MR) is 92.2 cm³/mol. The number of aliphatic hydroxyl groups is 1. The summed E-state index contributed by atoms with van der Waals surface area (Å²) in [6.45, 7) is 3.34. The van der Waals surface area contributed by atoms with Gasteiger partial charge in [-0.3, -0.25) is 14.5 Å². The lowest BCUT2D eigenvalue weighted by Crippen LogP contribution is -2.32. The highest BCUT2D eigenvalue weighted by molar-refractivity contribution is 6.26. The van der Waals surface area contributed by atoms with Crippen LogP contribution in [0.1, 0.15) is 31.8 Å². The Hall–Kier alpha value is -2.86. The minimum Gasteiger partial charge on any atom is -0.497 e. The van der Waals surface area contributed by atoms with Crippen LogP contribution in [0.2, 0.25) is 0 Å². The Bertz CT molecular complexity index is 1060. The average Bonchev–Trinajstić information content (AvgIpc) is 3.10. The standard InChI is InChI=1S/C19H17NO5/c1-9-14-12-5-4-11(24-3)8-13(12)25-17(14)10(2)16-15(9)18(22)20(6-7-21)19(16)23/h4-5,8,21H,6-7H2,1-3H3. The zero-order chi connectivity index (χ0) is 17.9. The maximum atomic E-state index is 12.7. The highest BCUT2D eigenvalue weighted by atomic mass is 16.5. The first-order valence-corrected chi connectivity index (χ1v) is 8.00. The van der Waals surface area contributed by atoms with Gasteiger partial charge in [-0.2, -0.15) is 0 Å². The SMILES string of the molecule is COc1ccc2c(c1)oc1c(C)c3c(c(C)c12)C(=O)N(CCO)C3=O. The minimum atomic E-state index is -0.380. The van der Waals surface area contributed by atoms with Gasteiger partial charge < -0.3 is 14.3 Å². The number of fused-ring (bicyclic) bond motifs is 4. The van der Waals surface area contributed by atoms with Crippen LogP contribution in [-0.2, 0) is 0 Å². The Balaban J connectivity index is 2.08. The second kappa shape index (κ2) is 5.32. The highest BCUT2D eigenvalue weighted by Gasteiger charge is 2.39. The predicted octanol–water partition coefficient (Wildman–Crippen LogP) is 2.80. The number of methoxy groups -OCH3 is 1. The molecule has 0 unspecified atom stereocenters. The van der Waals surface area contributed by atoms with E-state index in [2.05, 4.69) is 0 Å². The molecule has 1 aliphatic rings. The van der Waals surface area contributed by atoms with Gasteiger partial charge in [-0.1, -0.05) is 0 Å². The van der Waals surface area contributed by atoms with E-state index in [0.29, 0.717) is 33.6 Å². The second-order valence-electron chi connectivity index (χ2n) is 6.15. The fourth-order valence-electron chi connectivity index (χ4n) is 3.65. The van der Waals surface area contributed by atoms with Crippen LogP contribution < -0.4 is 4.74 Å². The molecule has 1 N–H and O–H groups in total. The number of aryl methyl sites for hydroxylation is 2. The van der Waals surface area contributed by atoms with Crippen LogP contribution in [0.5, 0.6) is 5.75 Å². The summed E-state index contributed by atoms with van der Waals surface area (Å²) in [7, 11) is 1.59. The van der Waals surface area contributed by atoms with Crippen LogP contribution in [0.3, 0.4) is 0 Å². The van der Waals surface area contributed by atoms with Crippen molar-refractivity contribution in [2.75, 3.05) is 20.3 Å². The van der Waals surface area contributed by atoms with Crippen molar-refractivity contribution in [2.45, 2.75) is 13.8 Å². The van der Waals surface area contributed by atoms with Gasteiger partial charge in [0.2, 0.25) is 0 Å². The van der Waals surface area contributed by atoms with Gasteiger partial charge in [0.15, 0.2) is 0 Å². The molecule has 3 aromatic rings. The van der Waals surface area contributed by atoms with E-state index in [1.807, 2.05) is 19.1 Å². The number of benzene rings is 2. The number of nitrogens with zero attached hydrogens (tertiary/aromatic N) is 1. The molecular formula is C19H17NO5. The van der Waals surface area contributed by atoms with Crippen molar-refractivity contribution in [1.82, 2.24) is 4.90 Å². The lowest BCUT2D eigenvalue weighted by molar-refractivity contribution is 0.0623. The van der Waals surface area contributed by atoms with Crippen LogP contribution in [0, 0.1) is 13.8 Å². The van der Waals surface area contributed by atoms with Gasteiger partial charge in [0.05, 0.1) is 31.4 Å². The van der Waals surface area contributed by atoms with E-state index >= 15 is 0 Å². The molecule has 6 nitrogen and oxygen atoms in total. The van der Waals surface area contributed by atoms with Crippen molar-refractivity contribution in [2.24, 2.45) is 0 Å². The number of β-amino-alcohol motifs (C(OH)–C–C–N with tert-alkyl or cyclic N) is 1. The Labute approximate surface area is 143 Å². The quantitative estimate of drug-likeness (QED) is 0.742. The molecule has 25 heavy (non-hydrogen) atoms. The molecule has 2 heterocycles. The zero-order valence-corrected chi connectivity index (χ0v) is 14.2. The molecule has 2 aromatic carbocycles. The number of carbonyl (C=O) groups is 2. The van der Waals surface area contributed by atoms with Gasteiger partial charge in [-0.05, 0) is 31.5 Å². The molecular weight excluding hydrogens is 322 g/mol. The second-order valence-corrected chi connectivity index (χ2v) is 6.15. The first-order chi connectivity index (χ1) is 12.0. The van der Waals surface area contributed by atoms with Gasteiger partial charge in [0.1, 0.15) is 16.9 Å². The molecule has 4 rings (SSSR count). The fourth-order valence-corrected chi connectivity index (χ4v) is 3.65.